The van der Waals surface area contributed by atoms with E-state index in [0.717, 1.165) is 25.0 Å². The van der Waals surface area contributed by atoms with Gasteiger partial charge in [-0.15, -0.1) is 0 Å². The molecule has 0 saturated carbocycles. The van der Waals surface area contributed by atoms with Crippen LogP contribution in [-0.4, -0.2) is 43.9 Å². The number of carbonyl (C=O) groups excluding carboxylic acids is 2. The molecular weight excluding hydrogens is 282 g/mol. The normalized spacial score (nSPS) is 12.2. The summed E-state index contributed by atoms with van der Waals surface area (Å²) >= 11 is 0. The molecule has 0 radical (unpaired) electrons. The van der Waals surface area contributed by atoms with Crippen molar-refractivity contribution >= 4 is 11.8 Å². The van der Waals surface area contributed by atoms with E-state index in [-0.39, 0.29) is 17.9 Å². The van der Waals surface area contributed by atoms with E-state index in [0.29, 0.717) is 19.5 Å². The highest BCUT2D eigenvalue weighted by atomic mass is 16.3. The van der Waals surface area contributed by atoms with Gasteiger partial charge in [0.2, 0.25) is 11.8 Å². The Hall–Kier alpha value is -1.82. The fourth-order valence-electron chi connectivity index (χ4n) is 2.17. The zero-order valence-electron chi connectivity index (χ0n) is 13.7. The Morgan fingerprint density at radius 3 is 2.59 bits per heavy atom. The summed E-state index contributed by atoms with van der Waals surface area (Å²) < 4.78 is 5.41. The molecule has 1 aromatic rings. The van der Waals surface area contributed by atoms with Crippen LogP contribution in [0, 0.1) is 0 Å². The van der Waals surface area contributed by atoms with Crippen molar-refractivity contribution in [1.82, 2.24) is 15.5 Å². The molecule has 22 heavy (non-hydrogen) atoms. The van der Waals surface area contributed by atoms with E-state index < -0.39 is 0 Å². The third-order valence-electron chi connectivity index (χ3n) is 3.44. The molecular formula is C16H27N3O3. The van der Waals surface area contributed by atoms with Crippen molar-refractivity contribution in [2.24, 2.45) is 0 Å². The molecule has 6 heteroatoms. The zero-order valence-corrected chi connectivity index (χ0v) is 13.7. The van der Waals surface area contributed by atoms with E-state index in [2.05, 4.69) is 10.6 Å². The first-order valence-electron chi connectivity index (χ1n) is 7.71. The van der Waals surface area contributed by atoms with Crippen LogP contribution < -0.4 is 10.6 Å². The number of hydrogen-bond acceptors (Lipinski definition) is 4. The lowest BCUT2D eigenvalue weighted by Gasteiger charge is -2.22. The molecule has 0 aliphatic rings. The van der Waals surface area contributed by atoms with Crippen LogP contribution in [0.1, 0.15) is 44.4 Å². The fourth-order valence-corrected chi connectivity index (χ4v) is 2.17. The van der Waals surface area contributed by atoms with Gasteiger partial charge < -0.3 is 15.1 Å². The number of furan rings is 1. The molecule has 124 valence electrons. The van der Waals surface area contributed by atoms with Crippen molar-refractivity contribution in [3.05, 3.63) is 24.2 Å². The van der Waals surface area contributed by atoms with E-state index in [9.17, 15) is 9.59 Å². The monoisotopic (exact) mass is 309 g/mol. The molecule has 0 fully saturated rings. The molecule has 0 aliphatic heterocycles. The second-order valence-corrected chi connectivity index (χ2v) is 5.59. The molecule has 6 nitrogen and oxygen atoms in total. The van der Waals surface area contributed by atoms with Crippen LogP contribution in [0.2, 0.25) is 0 Å². The number of unbranched alkanes of at least 4 members (excludes halogenated alkanes) is 2. The summed E-state index contributed by atoms with van der Waals surface area (Å²) in [4.78, 5) is 24.6. The van der Waals surface area contributed by atoms with Crippen molar-refractivity contribution in [3.63, 3.8) is 0 Å². The number of amides is 2. The first kappa shape index (κ1) is 18.2. The van der Waals surface area contributed by atoms with E-state index in [4.69, 9.17) is 4.42 Å². The third-order valence-corrected chi connectivity index (χ3v) is 3.44. The van der Waals surface area contributed by atoms with Gasteiger partial charge in [-0.1, -0.05) is 6.42 Å². The first-order chi connectivity index (χ1) is 10.5. The van der Waals surface area contributed by atoms with E-state index in [1.54, 1.807) is 6.26 Å². The summed E-state index contributed by atoms with van der Waals surface area (Å²) in [7, 11) is 3.92. The summed E-state index contributed by atoms with van der Waals surface area (Å²) in [6.45, 7) is 2.72. The van der Waals surface area contributed by atoms with Crippen LogP contribution in [0.5, 0.6) is 0 Å². The summed E-state index contributed by atoms with van der Waals surface area (Å²) in [5.74, 6) is 0.893. The van der Waals surface area contributed by atoms with Crippen molar-refractivity contribution in [1.29, 1.82) is 0 Å². The minimum Gasteiger partial charge on any atom is -0.468 e. The standard InChI is InChI=1S/C16H27N3O3/c1-13(20)17-10-6-4-5-9-16(21)18-12-14(19(2)3)15-8-7-11-22-15/h7-8,11,14H,4-6,9-10,12H2,1-3H3,(H,17,20)(H,18,21). The summed E-state index contributed by atoms with van der Waals surface area (Å²) in [5, 5.41) is 5.70. The average molecular weight is 309 g/mol. The molecule has 0 aromatic carbocycles. The van der Waals surface area contributed by atoms with Crippen LogP contribution in [0.4, 0.5) is 0 Å². The molecule has 0 saturated heterocycles. The second-order valence-electron chi connectivity index (χ2n) is 5.59. The Balaban J connectivity index is 2.17. The van der Waals surface area contributed by atoms with Crippen LogP contribution in [0.25, 0.3) is 0 Å². The van der Waals surface area contributed by atoms with Crippen LogP contribution in [-0.2, 0) is 9.59 Å². The Labute approximate surface area is 132 Å². The lowest BCUT2D eigenvalue weighted by molar-refractivity contribution is -0.121. The smallest absolute Gasteiger partial charge is 0.220 e. The van der Waals surface area contributed by atoms with E-state index in [1.165, 1.54) is 6.92 Å². The number of hydrogen-bond donors (Lipinski definition) is 2. The molecule has 1 aromatic heterocycles. The lowest BCUT2D eigenvalue weighted by Crippen LogP contribution is -2.34. The van der Waals surface area contributed by atoms with E-state index in [1.807, 2.05) is 31.1 Å². The van der Waals surface area contributed by atoms with Gasteiger partial charge in [-0.05, 0) is 39.1 Å². The maximum absolute atomic E-state index is 11.9. The van der Waals surface area contributed by atoms with Crippen molar-refractivity contribution in [3.8, 4) is 0 Å². The zero-order chi connectivity index (χ0) is 16.4. The van der Waals surface area contributed by atoms with Gasteiger partial charge in [0.15, 0.2) is 0 Å². The Morgan fingerprint density at radius 1 is 1.23 bits per heavy atom. The Kier molecular flexibility index (Phi) is 8.28. The van der Waals surface area contributed by atoms with Gasteiger partial charge in [-0.3, -0.25) is 14.5 Å². The maximum atomic E-state index is 11.9. The number of carbonyl (C=O) groups is 2. The lowest BCUT2D eigenvalue weighted by atomic mass is 10.1. The number of rotatable bonds is 10. The minimum absolute atomic E-state index is 0.00889. The largest absolute Gasteiger partial charge is 0.468 e. The van der Waals surface area contributed by atoms with Gasteiger partial charge in [0, 0.05) is 26.4 Å². The Morgan fingerprint density at radius 2 is 2.00 bits per heavy atom. The average Bonchev–Trinajstić information content (AvgIpc) is 2.96. The van der Waals surface area contributed by atoms with Gasteiger partial charge in [0.1, 0.15) is 5.76 Å². The summed E-state index contributed by atoms with van der Waals surface area (Å²) in [5.41, 5.74) is 0. The molecule has 1 atom stereocenters. The van der Waals surface area contributed by atoms with Gasteiger partial charge in [0.05, 0.1) is 12.3 Å². The number of likely N-dealkylation sites (N-methyl/N-ethyl adjacent to an activating group) is 1. The molecule has 2 amide bonds. The molecule has 1 unspecified atom stereocenters. The number of nitrogens with zero attached hydrogens (tertiary/aromatic N) is 1. The van der Waals surface area contributed by atoms with Gasteiger partial charge in [-0.2, -0.15) is 0 Å². The summed E-state index contributed by atoms with van der Waals surface area (Å²) in [6.07, 6.45) is 4.82. The SMILES string of the molecule is CC(=O)NCCCCCC(=O)NCC(c1ccco1)N(C)C. The minimum atomic E-state index is -0.00889. The molecule has 2 N–H and O–H groups in total. The predicted octanol–water partition coefficient (Wildman–Crippen LogP) is 1.69. The number of nitrogens with one attached hydrogen (secondary N) is 2. The predicted molar refractivity (Wildman–Crippen MR) is 85.3 cm³/mol. The van der Waals surface area contributed by atoms with Crippen molar-refractivity contribution < 1.29 is 14.0 Å². The van der Waals surface area contributed by atoms with E-state index >= 15 is 0 Å². The third kappa shape index (κ3) is 7.26. The van der Waals surface area contributed by atoms with Crippen molar-refractivity contribution in [2.45, 2.75) is 38.6 Å². The highest BCUT2D eigenvalue weighted by molar-refractivity contribution is 5.75. The Bertz CT molecular complexity index is 443. The molecule has 0 spiro atoms. The first-order valence-corrected chi connectivity index (χ1v) is 7.71. The summed E-state index contributed by atoms with van der Waals surface area (Å²) in [6, 6.07) is 3.81. The van der Waals surface area contributed by atoms with Crippen LogP contribution in [0.3, 0.4) is 0 Å². The second kappa shape index (κ2) is 10.00. The van der Waals surface area contributed by atoms with Crippen molar-refractivity contribution in [2.75, 3.05) is 27.2 Å². The van der Waals surface area contributed by atoms with Gasteiger partial charge >= 0.3 is 0 Å². The highest BCUT2D eigenvalue weighted by Crippen LogP contribution is 2.17. The quantitative estimate of drug-likeness (QED) is 0.645. The molecule has 0 aliphatic carbocycles. The molecule has 1 rings (SSSR count). The highest BCUT2D eigenvalue weighted by Gasteiger charge is 2.17. The fraction of sp³-hybridized carbons (Fsp3) is 0.625. The van der Waals surface area contributed by atoms with Gasteiger partial charge in [-0.25, -0.2) is 0 Å². The van der Waals surface area contributed by atoms with Crippen LogP contribution in [0.15, 0.2) is 22.8 Å². The topological polar surface area (TPSA) is 74.6 Å². The molecule has 0 bridgehead atoms. The maximum Gasteiger partial charge on any atom is 0.220 e. The molecule has 1 heterocycles. The van der Waals surface area contributed by atoms with Gasteiger partial charge in [0.25, 0.3) is 0 Å². The van der Waals surface area contributed by atoms with Crippen LogP contribution >= 0.6 is 0 Å².